The highest BCUT2D eigenvalue weighted by atomic mass is 16.5. The summed E-state index contributed by atoms with van der Waals surface area (Å²) in [6.45, 7) is 6.11. The van der Waals surface area contributed by atoms with Crippen LogP contribution in [0.3, 0.4) is 0 Å². The lowest BCUT2D eigenvalue weighted by molar-refractivity contribution is 0.180. The minimum absolute atomic E-state index is 0.0673. The zero-order chi connectivity index (χ0) is 13.8. The first kappa shape index (κ1) is 13.6. The van der Waals surface area contributed by atoms with E-state index in [1.54, 1.807) is 0 Å². The highest BCUT2D eigenvalue weighted by Crippen LogP contribution is 2.25. The fourth-order valence-corrected chi connectivity index (χ4v) is 2.16. The number of hydrogen-bond donors (Lipinski definition) is 1. The van der Waals surface area contributed by atoms with Crippen molar-refractivity contribution in [2.45, 2.75) is 32.9 Å². The van der Waals surface area contributed by atoms with E-state index in [1.165, 1.54) is 11.1 Å². The molecule has 2 nitrogen and oxygen atoms in total. The normalized spacial score (nSPS) is 13.9. The van der Waals surface area contributed by atoms with Crippen LogP contribution in [-0.2, 0) is 0 Å². The molecule has 0 saturated heterocycles. The molecule has 2 aromatic rings. The van der Waals surface area contributed by atoms with E-state index < -0.39 is 0 Å². The van der Waals surface area contributed by atoms with Crippen LogP contribution in [0.5, 0.6) is 5.75 Å². The molecular formula is C17H21NO. The van der Waals surface area contributed by atoms with Crippen LogP contribution in [0.2, 0.25) is 0 Å². The van der Waals surface area contributed by atoms with E-state index in [1.807, 2.05) is 31.2 Å². The standard InChI is InChI=1S/C17H21NO/c1-12-6-4-8-15(10-12)17(14(3)18)19-16-9-5-7-13(2)11-16/h4-11,14,17H,18H2,1-3H3. The Morgan fingerprint density at radius 2 is 1.58 bits per heavy atom. The highest BCUT2D eigenvalue weighted by molar-refractivity contribution is 5.30. The smallest absolute Gasteiger partial charge is 0.138 e. The van der Waals surface area contributed by atoms with Gasteiger partial charge in [0, 0.05) is 6.04 Å². The molecule has 2 heteroatoms. The molecule has 0 aliphatic heterocycles. The number of rotatable bonds is 4. The second kappa shape index (κ2) is 5.89. The molecule has 0 amide bonds. The summed E-state index contributed by atoms with van der Waals surface area (Å²) in [4.78, 5) is 0. The van der Waals surface area contributed by atoms with Crippen LogP contribution in [0, 0.1) is 13.8 Å². The maximum absolute atomic E-state index is 6.08. The van der Waals surface area contributed by atoms with Crippen LogP contribution in [0.4, 0.5) is 0 Å². The van der Waals surface area contributed by atoms with Gasteiger partial charge in [-0.2, -0.15) is 0 Å². The molecule has 0 aliphatic carbocycles. The topological polar surface area (TPSA) is 35.2 Å². The van der Waals surface area contributed by atoms with E-state index >= 15 is 0 Å². The van der Waals surface area contributed by atoms with Crippen molar-refractivity contribution in [1.82, 2.24) is 0 Å². The maximum Gasteiger partial charge on any atom is 0.138 e. The van der Waals surface area contributed by atoms with Crippen LogP contribution in [0.1, 0.15) is 29.7 Å². The number of nitrogens with two attached hydrogens (primary N) is 1. The van der Waals surface area contributed by atoms with Gasteiger partial charge in [-0.15, -0.1) is 0 Å². The lowest BCUT2D eigenvalue weighted by atomic mass is 10.0. The Labute approximate surface area is 115 Å². The molecule has 0 heterocycles. The lowest BCUT2D eigenvalue weighted by Gasteiger charge is -2.23. The van der Waals surface area contributed by atoms with Crippen molar-refractivity contribution in [3.63, 3.8) is 0 Å². The first-order valence-corrected chi connectivity index (χ1v) is 6.62. The zero-order valence-electron chi connectivity index (χ0n) is 11.8. The summed E-state index contributed by atoms with van der Waals surface area (Å²) in [6, 6.07) is 16.3. The Kier molecular flexibility index (Phi) is 4.23. The Morgan fingerprint density at radius 1 is 0.947 bits per heavy atom. The van der Waals surface area contributed by atoms with E-state index in [0.717, 1.165) is 11.3 Å². The molecule has 2 aromatic carbocycles. The molecule has 0 radical (unpaired) electrons. The average molecular weight is 255 g/mol. The first-order valence-electron chi connectivity index (χ1n) is 6.62. The third kappa shape index (κ3) is 3.58. The van der Waals surface area contributed by atoms with Crippen molar-refractivity contribution in [3.05, 3.63) is 65.2 Å². The first-order chi connectivity index (χ1) is 9.06. The molecule has 0 saturated carbocycles. The lowest BCUT2D eigenvalue weighted by Crippen LogP contribution is -2.29. The van der Waals surface area contributed by atoms with Crippen molar-refractivity contribution >= 4 is 0 Å². The maximum atomic E-state index is 6.08. The minimum atomic E-state index is -0.123. The molecule has 2 rings (SSSR count). The number of benzene rings is 2. The quantitative estimate of drug-likeness (QED) is 0.902. The van der Waals surface area contributed by atoms with Gasteiger partial charge in [0.05, 0.1) is 0 Å². The second-order valence-corrected chi connectivity index (χ2v) is 5.13. The van der Waals surface area contributed by atoms with E-state index in [0.29, 0.717) is 0 Å². The Balaban J connectivity index is 2.26. The van der Waals surface area contributed by atoms with Gasteiger partial charge >= 0.3 is 0 Å². The summed E-state index contributed by atoms with van der Waals surface area (Å²) >= 11 is 0. The summed E-state index contributed by atoms with van der Waals surface area (Å²) in [5.41, 5.74) is 9.61. The fraction of sp³-hybridized carbons (Fsp3) is 0.294. The van der Waals surface area contributed by atoms with Gasteiger partial charge in [-0.3, -0.25) is 0 Å². The third-order valence-corrected chi connectivity index (χ3v) is 3.10. The molecule has 0 bridgehead atoms. The van der Waals surface area contributed by atoms with Gasteiger partial charge in [0.1, 0.15) is 11.9 Å². The van der Waals surface area contributed by atoms with Crippen LogP contribution in [0.15, 0.2) is 48.5 Å². The predicted molar refractivity (Wildman–Crippen MR) is 79.4 cm³/mol. The van der Waals surface area contributed by atoms with Crippen LogP contribution in [-0.4, -0.2) is 6.04 Å². The molecule has 0 aliphatic rings. The monoisotopic (exact) mass is 255 g/mol. The van der Waals surface area contributed by atoms with Gasteiger partial charge in [-0.05, 0) is 44.0 Å². The predicted octanol–water partition coefficient (Wildman–Crippen LogP) is 3.77. The Hall–Kier alpha value is -1.80. The van der Waals surface area contributed by atoms with Crippen molar-refractivity contribution in [3.8, 4) is 5.75 Å². The highest BCUT2D eigenvalue weighted by Gasteiger charge is 2.18. The SMILES string of the molecule is Cc1cccc(OC(c2cccc(C)c2)C(C)N)c1. The number of ether oxygens (including phenoxy) is 1. The van der Waals surface area contributed by atoms with Gasteiger partial charge in [0.25, 0.3) is 0 Å². The summed E-state index contributed by atoms with van der Waals surface area (Å²) in [5.74, 6) is 0.865. The molecule has 2 atom stereocenters. The van der Waals surface area contributed by atoms with Crippen LogP contribution in [0.25, 0.3) is 0 Å². The zero-order valence-corrected chi connectivity index (χ0v) is 11.8. The van der Waals surface area contributed by atoms with E-state index in [9.17, 15) is 0 Å². The van der Waals surface area contributed by atoms with Gasteiger partial charge in [0.15, 0.2) is 0 Å². The van der Waals surface area contributed by atoms with Gasteiger partial charge in [-0.25, -0.2) is 0 Å². The molecule has 19 heavy (non-hydrogen) atoms. The van der Waals surface area contributed by atoms with Crippen LogP contribution < -0.4 is 10.5 Å². The molecule has 0 aromatic heterocycles. The molecule has 2 unspecified atom stereocenters. The number of aryl methyl sites for hydroxylation is 2. The Morgan fingerprint density at radius 3 is 2.16 bits per heavy atom. The molecular weight excluding hydrogens is 234 g/mol. The fourth-order valence-electron chi connectivity index (χ4n) is 2.16. The minimum Gasteiger partial charge on any atom is -0.484 e. The van der Waals surface area contributed by atoms with Crippen molar-refractivity contribution in [2.24, 2.45) is 5.73 Å². The van der Waals surface area contributed by atoms with E-state index in [-0.39, 0.29) is 12.1 Å². The molecule has 0 fully saturated rings. The van der Waals surface area contributed by atoms with E-state index in [2.05, 4.69) is 38.1 Å². The van der Waals surface area contributed by atoms with E-state index in [4.69, 9.17) is 10.5 Å². The second-order valence-electron chi connectivity index (χ2n) is 5.13. The van der Waals surface area contributed by atoms with Gasteiger partial charge in [0.2, 0.25) is 0 Å². The molecule has 2 N–H and O–H groups in total. The summed E-state index contributed by atoms with van der Waals surface area (Å²) in [7, 11) is 0. The largest absolute Gasteiger partial charge is 0.484 e. The summed E-state index contributed by atoms with van der Waals surface area (Å²) in [6.07, 6.45) is -0.123. The van der Waals surface area contributed by atoms with Crippen molar-refractivity contribution in [2.75, 3.05) is 0 Å². The average Bonchev–Trinajstić information content (AvgIpc) is 2.35. The Bertz CT molecular complexity index is 548. The number of hydrogen-bond acceptors (Lipinski definition) is 2. The van der Waals surface area contributed by atoms with Crippen LogP contribution >= 0.6 is 0 Å². The molecule has 100 valence electrons. The van der Waals surface area contributed by atoms with Crippen molar-refractivity contribution < 1.29 is 4.74 Å². The summed E-state index contributed by atoms with van der Waals surface area (Å²) in [5, 5.41) is 0. The van der Waals surface area contributed by atoms with Crippen molar-refractivity contribution in [1.29, 1.82) is 0 Å². The molecule has 0 spiro atoms. The summed E-state index contributed by atoms with van der Waals surface area (Å²) < 4.78 is 6.07. The third-order valence-electron chi connectivity index (χ3n) is 3.10. The van der Waals surface area contributed by atoms with Gasteiger partial charge < -0.3 is 10.5 Å². The van der Waals surface area contributed by atoms with Gasteiger partial charge in [-0.1, -0.05) is 42.0 Å².